The number of nitrogens with one attached hydrogen (secondary N) is 1. The molecule has 0 aliphatic heterocycles. The van der Waals surface area contributed by atoms with Crippen LogP contribution in [0.5, 0.6) is 11.5 Å². The number of anilines is 1. The number of nitrogens with zero attached hydrogens (tertiary/aromatic N) is 4. The first kappa shape index (κ1) is 22.4. The highest BCUT2D eigenvalue weighted by Crippen LogP contribution is 2.31. The predicted octanol–water partition coefficient (Wildman–Crippen LogP) is 5.93. The minimum Gasteiger partial charge on any atom is -0.454 e. The number of amides is 1. The summed E-state index contributed by atoms with van der Waals surface area (Å²) in [7, 11) is 0. The average Bonchev–Trinajstić information content (AvgIpc) is 3.38. The second kappa shape index (κ2) is 9.07. The normalized spacial score (nSPS) is 11.0. The van der Waals surface area contributed by atoms with Crippen LogP contribution in [0.15, 0.2) is 73.4 Å². The summed E-state index contributed by atoms with van der Waals surface area (Å²) < 4.78 is 49.6. The third-order valence-corrected chi connectivity index (χ3v) is 5.24. The summed E-state index contributed by atoms with van der Waals surface area (Å²) in [5.74, 6) is -3.83. The molecule has 2 heterocycles. The van der Waals surface area contributed by atoms with Crippen LogP contribution in [0.3, 0.4) is 0 Å². The quantitative estimate of drug-likeness (QED) is 0.327. The molecule has 7 nitrogen and oxygen atoms in total. The van der Waals surface area contributed by atoms with Crippen LogP contribution in [0.1, 0.15) is 10.4 Å². The Kier molecular flexibility index (Phi) is 5.79. The molecule has 5 rings (SSSR count). The van der Waals surface area contributed by atoms with Crippen LogP contribution < -0.4 is 10.1 Å². The van der Waals surface area contributed by atoms with E-state index in [1.165, 1.54) is 24.3 Å². The van der Waals surface area contributed by atoms with E-state index in [-0.39, 0.29) is 22.0 Å². The fourth-order valence-electron chi connectivity index (χ4n) is 3.24. The van der Waals surface area contributed by atoms with Gasteiger partial charge in [-0.15, -0.1) is 0 Å². The van der Waals surface area contributed by atoms with Crippen LogP contribution in [0, 0.1) is 17.5 Å². The molecule has 0 aliphatic rings. The van der Waals surface area contributed by atoms with E-state index in [9.17, 15) is 18.0 Å². The summed E-state index contributed by atoms with van der Waals surface area (Å²) >= 11 is 5.63. The summed E-state index contributed by atoms with van der Waals surface area (Å²) in [6.07, 6.45) is 6.43. The first-order valence-corrected chi connectivity index (χ1v) is 10.4. The SMILES string of the molecule is O=C(Nc1cc(F)c(F)c(Oc2ccc3ncc(-n4ccnc4)nc3c2)c1)c1ccc(Cl)c(F)c1. The third-order valence-electron chi connectivity index (χ3n) is 4.93. The number of aromatic nitrogens is 4. The van der Waals surface area contributed by atoms with Gasteiger partial charge in [0.1, 0.15) is 17.9 Å². The Bertz CT molecular complexity index is 1580. The van der Waals surface area contributed by atoms with Gasteiger partial charge in [-0.1, -0.05) is 11.6 Å². The summed E-state index contributed by atoms with van der Waals surface area (Å²) in [4.78, 5) is 25.2. The molecule has 2 aromatic heterocycles. The van der Waals surface area contributed by atoms with Crippen molar-refractivity contribution in [3.8, 4) is 17.3 Å². The molecule has 0 unspecified atom stereocenters. The Morgan fingerprint density at radius 3 is 2.63 bits per heavy atom. The molecule has 0 bridgehead atoms. The van der Waals surface area contributed by atoms with Crippen molar-refractivity contribution in [2.75, 3.05) is 5.32 Å². The van der Waals surface area contributed by atoms with E-state index in [0.717, 1.165) is 18.2 Å². The zero-order chi connectivity index (χ0) is 24.5. The van der Waals surface area contributed by atoms with Crippen LogP contribution in [0.2, 0.25) is 5.02 Å². The smallest absolute Gasteiger partial charge is 0.255 e. The molecule has 11 heteroatoms. The fourth-order valence-corrected chi connectivity index (χ4v) is 3.36. The minimum absolute atomic E-state index is 0.0547. The molecular weight excluding hydrogens is 483 g/mol. The van der Waals surface area contributed by atoms with Crippen molar-refractivity contribution in [1.29, 1.82) is 0 Å². The van der Waals surface area contributed by atoms with E-state index >= 15 is 0 Å². The van der Waals surface area contributed by atoms with Gasteiger partial charge in [0.25, 0.3) is 5.91 Å². The highest BCUT2D eigenvalue weighted by Gasteiger charge is 2.16. The highest BCUT2D eigenvalue weighted by molar-refractivity contribution is 6.30. The van der Waals surface area contributed by atoms with Gasteiger partial charge in [-0.05, 0) is 30.3 Å². The second-order valence-corrected chi connectivity index (χ2v) is 7.71. The summed E-state index contributed by atoms with van der Waals surface area (Å²) in [6.45, 7) is 0. The first-order valence-electron chi connectivity index (χ1n) is 10.1. The molecule has 5 aromatic rings. The van der Waals surface area contributed by atoms with Gasteiger partial charge in [-0.2, -0.15) is 4.39 Å². The van der Waals surface area contributed by atoms with Crippen molar-refractivity contribution in [2.45, 2.75) is 0 Å². The molecule has 174 valence electrons. The Balaban J connectivity index is 1.42. The Hall–Kier alpha value is -4.44. The summed E-state index contributed by atoms with van der Waals surface area (Å²) in [5.41, 5.74) is 0.857. The van der Waals surface area contributed by atoms with E-state index < -0.39 is 29.1 Å². The number of imidazole rings is 1. The summed E-state index contributed by atoms with van der Waals surface area (Å²) in [6, 6.07) is 10.00. The molecule has 0 saturated carbocycles. The van der Waals surface area contributed by atoms with E-state index in [1.54, 1.807) is 35.6 Å². The highest BCUT2D eigenvalue weighted by atomic mass is 35.5. The lowest BCUT2D eigenvalue weighted by Crippen LogP contribution is -2.12. The zero-order valence-corrected chi connectivity index (χ0v) is 18.3. The molecule has 0 radical (unpaired) electrons. The lowest BCUT2D eigenvalue weighted by molar-refractivity contribution is 0.102. The second-order valence-electron chi connectivity index (χ2n) is 7.30. The average molecular weight is 496 g/mol. The van der Waals surface area contributed by atoms with Gasteiger partial charge >= 0.3 is 0 Å². The van der Waals surface area contributed by atoms with Crippen molar-refractivity contribution in [3.63, 3.8) is 0 Å². The lowest BCUT2D eigenvalue weighted by atomic mass is 10.2. The Morgan fingerprint density at radius 1 is 1.00 bits per heavy atom. The predicted molar refractivity (Wildman–Crippen MR) is 122 cm³/mol. The van der Waals surface area contributed by atoms with Crippen LogP contribution in [0.25, 0.3) is 16.9 Å². The molecule has 1 amide bonds. The van der Waals surface area contributed by atoms with Crippen LogP contribution in [-0.2, 0) is 0 Å². The molecule has 1 N–H and O–H groups in total. The first-order chi connectivity index (χ1) is 16.9. The van der Waals surface area contributed by atoms with Crippen molar-refractivity contribution in [3.05, 3.63) is 101 Å². The van der Waals surface area contributed by atoms with Crippen LogP contribution in [-0.4, -0.2) is 25.4 Å². The maximum absolute atomic E-state index is 14.5. The molecule has 0 atom stereocenters. The number of carbonyl (C=O) groups is 1. The van der Waals surface area contributed by atoms with Gasteiger partial charge in [0.05, 0.1) is 22.3 Å². The molecule has 0 spiro atoms. The van der Waals surface area contributed by atoms with Crippen LogP contribution >= 0.6 is 11.6 Å². The van der Waals surface area contributed by atoms with Crippen molar-refractivity contribution < 1.29 is 22.7 Å². The largest absolute Gasteiger partial charge is 0.454 e. The maximum Gasteiger partial charge on any atom is 0.255 e. The fraction of sp³-hybridized carbons (Fsp3) is 0. The van der Waals surface area contributed by atoms with Gasteiger partial charge in [-0.25, -0.2) is 18.7 Å². The molecular formula is C24H13ClF3N5O2. The monoisotopic (exact) mass is 495 g/mol. The minimum atomic E-state index is -1.25. The number of ether oxygens (including phenoxy) is 1. The number of halogens is 4. The number of fused-ring (bicyclic) bond motifs is 1. The summed E-state index contributed by atoms with van der Waals surface area (Å²) in [5, 5.41) is 2.23. The van der Waals surface area contributed by atoms with Crippen LogP contribution in [0.4, 0.5) is 18.9 Å². The molecule has 0 aliphatic carbocycles. The number of carbonyl (C=O) groups excluding carboxylic acids is 1. The Labute approximate surface area is 200 Å². The molecule has 0 saturated heterocycles. The van der Waals surface area contributed by atoms with Gasteiger partial charge in [0.15, 0.2) is 17.4 Å². The zero-order valence-electron chi connectivity index (χ0n) is 17.5. The van der Waals surface area contributed by atoms with E-state index in [0.29, 0.717) is 16.9 Å². The number of rotatable bonds is 5. The van der Waals surface area contributed by atoms with E-state index in [2.05, 4.69) is 20.3 Å². The number of hydrogen-bond donors (Lipinski definition) is 1. The van der Waals surface area contributed by atoms with E-state index in [1.807, 2.05) is 0 Å². The third kappa shape index (κ3) is 4.64. The van der Waals surface area contributed by atoms with Gasteiger partial charge in [-0.3, -0.25) is 14.3 Å². The van der Waals surface area contributed by atoms with Crippen molar-refractivity contribution >= 4 is 34.2 Å². The van der Waals surface area contributed by atoms with Gasteiger partial charge in [0.2, 0.25) is 5.82 Å². The number of hydrogen-bond acceptors (Lipinski definition) is 5. The maximum atomic E-state index is 14.5. The van der Waals surface area contributed by atoms with Crippen molar-refractivity contribution in [1.82, 2.24) is 19.5 Å². The molecule has 0 fully saturated rings. The Morgan fingerprint density at radius 2 is 1.86 bits per heavy atom. The van der Waals surface area contributed by atoms with Crippen molar-refractivity contribution in [2.24, 2.45) is 0 Å². The van der Waals surface area contributed by atoms with E-state index in [4.69, 9.17) is 16.3 Å². The topological polar surface area (TPSA) is 81.9 Å². The molecule has 3 aromatic carbocycles. The molecule has 35 heavy (non-hydrogen) atoms. The van der Waals surface area contributed by atoms with Gasteiger partial charge in [0, 0.05) is 41.8 Å². The standard InChI is InChI=1S/C24H13ClF3N5O2/c25-16-3-1-13(7-17(16)26)24(34)31-14-8-18(27)23(28)21(9-14)35-15-2-4-19-20(10-15)32-22(11-30-19)33-6-5-29-12-33/h1-12H,(H,31,34). The number of benzene rings is 3. The van der Waals surface area contributed by atoms with Gasteiger partial charge < -0.3 is 10.1 Å². The lowest BCUT2D eigenvalue weighted by Gasteiger charge is -2.12.